The topological polar surface area (TPSA) is 26.0 Å². The van der Waals surface area contributed by atoms with Gasteiger partial charge in [0.1, 0.15) is 0 Å². The Morgan fingerprint density at radius 1 is 2.00 bits per heavy atom. The fourth-order valence-electron chi connectivity index (χ4n) is 0.866. The van der Waals surface area contributed by atoms with Crippen molar-refractivity contribution in [3.63, 3.8) is 0 Å². The van der Waals surface area contributed by atoms with Crippen LogP contribution in [-0.2, 0) is 0 Å². The Kier molecular flexibility index (Phi) is 1.12. The summed E-state index contributed by atoms with van der Waals surface area (Å²) in [6.07, 6.45) is 2.12. The first kappa shape index (κ1) is 5.76. The molecule has 2 heteroatoms. The van der Waals surface area contributed by atoms with Crippen LogP contribution in [0, 0.1) is 5.41 Å². The molecule has 0 radical (unpaired) electrons. The Hall–Kier alpha value is -0.370. The molecule has 8 heavy (non-hydrogen) atoms. The van der Waals surface area contributed by atoms with Gasteiger partial charge in [0.2, 0.25) is 0 Å². The molecule has 46 valence electrons. The number of rotatable bonds is 1. The van der Waals surface area contributed by atoms with Gasteiger partial charge in [0.05, 0.1) is 5.83 Å². The lowest BCUT2D eigenvalue weighted by Crippen LogP contribution is -2.30. The van der Waals surface area contributed by atoms with Gasteiger partial charge < -0.3 is 5.73 Å². The van der Waals surface area contributed by atoms with E-state index in [4.69, 9.17) is 5.73 Å². The average molecular weight is 115 g/mol. The predicted octanol–water partition coefficient (Wildman–Crippen LogP) is 1.21. The van der Waals surface area contributed by atoms with Crippen molar-refractivity contribution in [2.45, 2.75) is 13.3 Å². The molecule has 0 spiro atoms. The van der Waals surface area contributed by atoms with E-state index in [2.05, 4.69) is 0 Å². The van der Waals surface area contributed by atoms with Crippen LogP contribution in [0.3, 0.4) is 0 Å². The number of halogens is 1. The molecule has 0 fully saturated rings. The van der Waals surface area contributed by atoms with Gasteiger partial charge in [0.25, 0.3) is 0 Å². The van der Waals surface area contributed by atoms with Crippen LogP contribution in [0.1, 0.15) is 13.3 Å². The van der Waals surface area contributed by atoms with Crippen molar-refractivity contribution in [1.29, 1.82) is 0 Å². The van der Waals surface area contributed by atoms with Gasteiger partial charge in [-0.1, -0.05) is 6.92 Å². The minimum atomic E-state index is -0.0237. The van der Waals surface area contributed by atoms with E-state index in [1.807, 2.05) is 6.92 Å². The molecule has 0 saturated heterocycles. The SMILES string of the molecule is CC1(CN)C=C(F)C1. The second-order valence-corrected chi connectivity index (χ2v) is 2.63. The van der Waals surface area contributed by atoms with E-state index in [0.717, 1.165) is 0 Å². The number of nitrogens with two attached hydrogens (primary N) is 1. The van der Waals surface area contributed by atoms with Crippen molar-refractivity contribution in [2.75, 3.05) is 6.54 Å². The summed E-state index contributed by atoms with van der Waals surface area (Å²) in [5, 5.41) is 0. The van der Waals surface area contributed by atoms with Crippen molar-refractivity contribution < 1.29 is 4.39 Å². The summed E-state index contributed by atoms with van der Waals surface area (Å²) < 4.78 is 12.0. The van der Waals surface area contributed by atoms with Crippen LogP contribution >= 0.6 is 0 Å². The van der Waals surface area contributed by atoms with Crippen LogP contribution in [0.25, 0.3) is 0 Å². The molecule has 1 rings (SSSR count). The summed E-state index contributed by atoms with van der Waals surface area (Å²) in [5.74, 6) is -0.0158. The van der Waals surface area contributed by atoms with E-state index in [-0.39, 0.29) is 11.2 Å². The molecule has 0 aromatic rings. The Bertz CT molecular complexity index is 130. The van der Waals surface area contributed by atoms with Crippen LogP contribution in [0.5, 0.6) is 0 Å². The highest BCUT2D eigenvalue weighted by Crippen LogP contribution is 2.37. The minimum Gasteiger partial charge on any atom is -0.330 e. The van der Waals surface area contributed by atoms with Gasteiger partial charge in [-0.25, -0.2) is 4.39 Å². The molecule has 0 bridgehead atoms. The molecule has 1 nitrogen and oxygen atoms in total. The van der Waals surface area contributed by atoms with E-state index in [1.165, 1.54) is 0 Å². The predicted molar refractivity (Wildman–Crippen MR) is 31.0 cm³/mol. The van der Waals surface area contributed by atoms with Crippen molar-refractivity contribution in [2.24, 2.45) is 11.1 Å². The lowest BCUT2D eigenvalue weighted by Gasteiger charge is -2.30. The molecule has 0 saturated carbocycles. The van der Waals surface area contributed by atoms with Crippen LogP contribution in [-0.4, -0.2) is 6.54 Å². The monoisotopic (exact) mass is 115 g/mol. The van der Waals surface area contributed by atoms with Gasteiger partial charge in [-0.3, -0.25) is 0 Å². The Morgan fingerprint density at radius 2 is 2.50 bits per heavy atom. The van der Waals surface area contributed by atoms with Gasteiger partial charge in [-0.05, 0) is 6.08 Å². The zero-order chi connectivity index (χ0) is 6.20. The molecular formula is C6H10FN. The van der Waals surface area contributed by atoms with Crippen molar-refractivity contribution in [3.05, 3.63) is 11.9 Å². The molecule has 0 heterocycles. The molecule has 0 aromatic carbocycles. The smallest absolute Gasteiger partial charge is 0.0975 e. The fraction of sp³-hybridized carbons (Fsp3) is 0.667. The zero-order valence-electron chi connectivity index (χ0n) is 4.95. The van der Waals surface area contributed by atoms with Gasteiger partial charge in [0, 0.05) is 18.4 Å². The van der Waals surface area contributed by atoms with Crippen molar-refractivity contribution in [3.8, 4) is 0 Å². The maximum atomic E-state index is 12.0. The Labute approximate surface area is 48.4 Å². The average Bonchev–Trinajstić information content (AvgIpc) is 1.63. The molecule has 1 aliphatic carbocycles. The number of hydrogen-bond donors (Lipinski definition) is 1. The first-order chi connectivity index (χ1) is 3.66. The lowest BCUT2D eigenvalue weighted by molar-refractivity contribution is 0.325. The highest BCUT2D eigenvalue weighted by atomic mass is 19.1. The van der Waals surface area contributed by atoms with Gasteiger partial charge >= 0.3 is 0 Å². The van der Waals surface area contributed by atoms with Crippen molar-refractivity contribution >= 4 is 0 Å². The Morgan fingerprint density at radius 3 is 2.62 bits per heavy atom. The summed E-state index contributed by atoms with van der Waals surface area (Å²) in [6.45, 7) is 2.51. The highest BCUT2D eigenvalue weighted by molar-refractivity contribution is 5.17. The molecular weight excluding hydrogens is 105 g/mol. The summed E-state index contributed by atoms with van der Waals surface area (Å²) in [5.41, 5.74) is 5.30. The third kappa shape index (κ3) is 0.757. The third-order valence-electron chi connectivity index (χ3n) is 1.54. The third-order valence-corrected chi connectivity index (χ3v) is 1.54. The van der Waals surface area contributed by atoms with E-state index >= 15 is 0 Å². The quantitative estimate of drug-likeness (QED) is 0.546. The minimum absolute atomic E-state index is 0.0158. The van der Waals surface area contributed by atoms with Crippen LogP contribution in [0.2, 0.25) is 0 Å². The van der Waals surface area contributed by atoms with Gasteiger partial charge in [0.15, 0.2) is 0 Å². The summed E-state index contributed by atoms with van der Waals surface area (Å²) in [7, 11) is 0. The summed E-state index contributed by atoms with van der Waals surface area (Å²) in [4.78, 5) is 0. The van der Waals surface area contributed by atoms with Crippen LogP contribution < -0.4 is 5.73 Å². The highest BCUT2D eigenvalue weighted by Gasteiger charge is 2.30. The summed E-state index contributed by atoms with van der Waals surface area (Å²) >= 11 is 0. The van der Waals surface area contributed by atoms with Crippen molar-refractivity contribution in [1.82, 2.24) is 0 Å². The lowest BCUT2D eigenvalue weighted by atomic mass is 9.77. The largest absolute Gasteiger partial charge is 0.330 e. The number of allylic oxidation sites excluding steroid dienone is 1. The van der Waals surface area contributed by atoms with E-state index in [9.17, 15) is 4.39 Å². The molecule has 0 aliphatic heterocycles. The Balaban J connectivity index is 2.54. The maximum absolute atomic E-state index is 12.0. The first-order valence-corrected chi connectivity index (χ1v) is 2.74. The number of hydrogen-bond acceptors (Lipinski definition) is 1. The van der Waals surface area contributed by atoms with E-state index in [1.54, 1.807) is 6.08 Å². The van der Waals surface area contributed by atoms with E-state index < -0.39 is 0 Å². The maximum Gasteiger partial charge on any atom is 0.0975 e. The van der Waals surface area contributed by atoms with Crippen LogP contribution in [0.15, 0.2) is 11.9 Å². The molecule has 2 N–H and O–H groups in total. The fourth-order valence-corrected chi connectivity index (χ4v) is 0.866. The zero-order valence-corrected chi connectivity index (χ0v) is 4.95. The molecule has 1 unspecified atom stereocenters. The second-order valence-electron chi connectivity index (χ2n) is 2.63. The molecule has 0 aromatic heterocycles. The molecule has 1 atom stereocenters. The van der Waals surface area contributed by atoms with Gasteiger partial charge in [-0.15, -0.1) is 0 Å². The second kappa shape index (κ2) is 1.55. The molecule has 1 aliphatic rings. The van der Waals surface area contributed by atoms with Crippen LogP contribution in [0.4, 0.5) is 4.39 Å². The standard InChI is InChI=1S/C6H10FN/c1-6(4-8)2-5(7)3-6/h2H,3-4,8H2,1H3. The van der Waals surface area contributed by atoms with Gasteiger partial charge in [-0.2, -0.15) is 0 Å². The summed E-state index contributed by atoms with van der Waals surface area (Å²) in [6, 6.07) is 0. The molecule has 0 amide bonds. The van der Waals surface area contributed by atoms with E-state index in [0.29, 0.717) is 13.0 Å². The normalized spacial score (nSPS) is 36.1. The first-order valence-electron chi connectivity index (χ1n) is 2.74.